The molecule has 0 amide bonds. The fourth-order valence-electron chi connectivity index (χ4n) is 3.16. The Hall–Kier alpha value is 0.140. The van der Waals surface area contributed by atoms with Crippen LogP contribution in [0.2, 0.25) is 0 Å². The van der Waals surface area contributed by atoms with E-state index < -0.39 is 0 Å². The second-order valence-corrected chi connectivity index (χ2v) is 7.31. The quantitative estimate of drug-likeness (QED) is 0.700. The highest BCUT2D eigenvalue weighted by molar-refractivity contribution is 9.10. The normalized spacial score (nSPS) is 19.9. The van der Waals surface area contributed by atoms with Gasteiger partial charge in [-0.05, 0) is 58.6 Å². The largest absolute Gasteiger partial charge is 0.310 e. The number of rotatable bonds is 5. The molecule has 0 spiro atoms. The van der Waals surface area contributed by atoms with Gasteiger partial charge in [0.05, 0.1) is 0 Å². The summed E-state index contributed by atoms with van der Waals surface area (Å²) in [7, 11) is 0. The van der Waals surface area contributed by atoms with Crippen molar-refractivity contribution in [3.8, 4) is 0 Å². The molecule has 2 rings (SSSR count). The van der Waals surface area contributed by atoms with Gasteiger partial charge in [-0.25, -0.2) is 0 Å². The van der Waals surface area contributed by atoms with Crippen LogP contribution in [0.5, 0.6) is 0 Å². The highest BCUT2D eigenvalue weighted by Gasteiger charge is 2.25. The molecule has 1 aliphatic carbocycles. The molecular formula is C16H26BrNS. The van der Waals surface area contributed by atoms with Crippen molar-refractivity contribution in [2.75, 3.05) is 6.54 Å². The average Bonchev–Trinajstić information content (AvgIpc) is 2.78. The number of hydrogen-bond acceptors (Lipinski definition) is 2. The van der Waals surface area contributed by atoms with Gasteiger partial charge in [0.2, 0.25) is 0 Å². The lowest BCUT2D eigenvalue weighted by Crippen LogP contribution is -2.29. The predicted octanol–water partition coefficient (Wildman–Crippen LogP) is 5.91. The molecule has 19 heavy (non-hydrogen) atoms. The number of nitrogens with one attached hydrogen (secondary N) is 1. The SMILES string of the molecule is CCCNC(c1cscc1Br)C1CCCCCCC1. The molecule has 0 saturated heterocycles. The smallest absolute Gasteiger partial charge is 0.0368 e. The van der Waals surface area contributed by atoms with Crippen LogP contribution in [-0.2, 0) is 0 Å². The molecule has 0 bridgehead atoms. The fraction of sp³-hybridized carbons (Fsp3) is 0.750. The summed E-state index contributed by atoms with van der Waals surface area (Å²) in [6.07, 6.45) is 11.1. The van der Waals surface area contributed by atoms with Gasteiger partial charge < -0.3 is 5.32 Å². The monoisotopic (exact) mass is 343 g/mol. The minimum Gasteiger partial charge on any atom is -0.310 e. The van der Waals surface area contributed by atoms with Crippen LogP contribution in [0.4, 0.5) is 0 Å². The summed E-state index contributed by atoms with van der Waals surface area (Å²) in [5.41, 5.74) is 1.49. The van der Waals surface area contributed by atoms with Crippen LogP contribution in [0.1, 0.15) is 69.9 Å². The molecule has 1 aromatic heterocycles. The first-order valence-electron chi connectivity index (χ1n) is 7.78. The zero-order chi connectivity index (χ0) is 13.5. The lowest BCUT2D eigenvalue weighted by Gasteiger charge is -2.30. The Balaban J connectivity index is 2.08. The van der Waals surface area contributed by atoms with Crippen molar-refractivity contribution in [3.05, 3.63) is 20.8 Å². The van der Waals surface area contributed by atoms with E-state index in [1.54, 1.807) is 0 Å². The molecule has 1 N–H and O–H groups in total. The van der Waals surface area contributed by atoms with Gasteiger partial charge >= 0.3 is 0 Å². The van der Waals surface area contributed by atoms with Crippen LogP contribution in [0, 0.1) is 5.92 Å². The second-order valence-electron chi connectivity index (χ2n) is 5.71. The molecule has 0 radical (unpaired) electrons. The summed E-state index contributed by atoms with van der Waals surface area (Å²) in [4.78, 5) is 0. The van der Waals surface area contributed by atoms with Crippen LogP contribution < -0.4 is 5.32 Å². The summed E-state index contributed by atoms with van der Waals surface area (Å²) in [6, 6.07) is 0.554. The van der Waals surface area contributed by atoms with E-state index in [4.69, 9.17) is 0 Å². The molecule has 1 aliphatic rings. The Kier molecular flexibility index (Phi) is 6.89. The first kappa shape index (κ1) is 15.5. The highest BCUT2D eigenvalue weighted by Crippen LogP contribution is 2.37. The van der Waals surface area contributed by atoms with E-state index in [2.05, 4.69) is 38.9 Å². The third kappa shape index (κ3) is 4.57. The Morgan fingerprint density at radius 3 is 2.47 bits per heavy atom. The van der Waals surface area contributed by atoms with Gasteiger partial charge in [-0.1, -0.05) is 39.0 Å². The van der Waals surface area contributed by atoms with Gasteiger partial charge in [0.25, 0.3) is 0 Å². The fourth-order valence-corrected chi connectivity index (χ4v) is 4.74. The molecule has 0 aromatic carbocycles. The molecule has 1 aromatic rings. The van der Waals surface area contributed by atoms with Crippen LogP contribution >= 0.6 is 27.3 Å². The van der Waals surface area contributed by atoms with Crippen LogP contribution in [0.25, 0.3) is 0 Å². The van der Waals surface area contributed by atoms with Crippen molar-refractivity contribution in [2.24, 2.45) is 5.92 Å². The molecule has 1 saturated carbocycles. The van der Waals surface area contributed by atoms with Gasteiger partial charge in [0.1, 0.15) is 0 Å². The topological polar surface area (TPSA) is 12.0 Å². The maximum Gasteiger partial charge on any atom is 0.0368 e. The van der Waals surface area contributed by atoms with E-state index in [0.717, 1.165) is 12.5 Å². The van der Waals surface area contributed by atoms with E-state index in [1.807, 2.05) is 11.3 Å². The van der Waals surface area contributed by atoms with Crippen molar-refractivity contribution >= 4 is 27.3 Å². The van der Waals surface area contributed by atoms with Gasteiger partial charge in [-0.3, -0.25) is 0 Å². The number of hydrogen-bond donors (Lipinski definition) is 1. The zero-order valence-electron chi connectivity index (χ0n) is 12.0. The van der Waals surface area contributed by atoms with Crippen LogP contribution in [0.15, 0.2) is 15.2 Å². The summed E-state index contributed by atoms with van der Waals surface area (Å²) < 4.78 is 1.30. The first-order valence-corrected chi connectivity index (χ1v) is 9.51. The molecule has 1 fully saturated rings. The second kappa shape index (κ2) is 8.43. The third-order valence-corrected chi connectivity index (χ3v) is 5.96. The molecular weight excluding hydrogens is 318 g/mol. The molecule has 0 aliphatic heterocycles. The average molecular weight is 344 g/mol. The Bertz CT molecular complexity index is 355. The van der Waals surface area contributed by atoms with E-state index in [-0.39, 0.29) is 0 Å². The number of thiophene rings is 1. The van der Waals surface area contributed by atoms with Crippen molar-refractivity contribution in [3.63, 3.8) is 0 Å². The van der Waals surface area contributed by atoms with E-state index in [9.17, 15) is 0 Å². The molecule has 1 atom stereocenters. The maximum absolute atomic E-state index is 3.81. The van der Waals surface area contributed by atoms with Gasteiger partial charge in [0.15, 0.2) is 0 Å². The molecule has 1 heterocycles. The molecule has 1 unspecified atom stereocenters. The highest BCUT2D eigenvalue weighted by atomic mass is 79.9. The third-order valence-electron chi connectivity index (χ3n) is 4.21. The van der Waals surface area contributed by atoms with Crippen molar-refractivity contribution in [1.29, 1.82) is 0 Å². The molecule has 1 nitrogen and oxygen atoms in total. The maximum atomic E-state index is 3.81. The Morgan fingerprint density at radius 1 is 1.21 bits per heavy atom. The van der Waals surface area contributed by atoms with Crippen LogP contribution in [-0.4, -0.2) is 6.54 Å². The van der Waals surface area contributed by atoms with Crippen molar-refractivity contribution in [2.45, 2.75) is 64.3 Å². The minimum absolute atomic E-state index is 0.554. The summed E-state index contributed by atoms with van der Waals surface area (Å²) in [5, 5.41) is 8.36. The Labute approximate surface area is 130 Å². The molecule has 108 valence electrons. The summed E-state index contributed by atoms with van der Waals surface area (Å²) >= 11 is 5.55. The summed E-state index contributed by atoms with van der Waals surface area (Å²) in [5.74, 6) is 0.817. The van der Waals surface area contributed by atoms with Gasteiger partial charge in [0, 0.05) is 15.9 Å². The summed E-state index contributed by atoms with van der Waals surface area (Å²) in [6.45, 7) is 3.38. The Morgan fingerprint density at radius 2 is 1.89 bits per heavy atom. The predicted molar refractivity (Wildman–Crippen MR) is 88.9 cm³/mol. The van der Waals surface area contributed by atoms with E-state index in [1.165, 1.54) is 61.4 Å². The number of halogens is 1. The van der Waals surface area contributed by atoms with E-state index >= 15 is 0 Å². The minimum atomic E-state index is 0.554. The van der Waals surface area contributed by atoms with Gasteiger partial charge in [-0.15, -0.1) is 0 Å². The van der Waals surface area contributed by atoms with Gasteiger partial charge in [-0.2, -0.15) is 11.3 Å². The van der Waals surface area contributed by atoms with Crippen molar-refractivity contribution < 1.29 is 0 Å². The van der Waals surface area contributed by atoms with E-state index in [0.29, 0.717) is 6.04 Å². The molecule has 3 heteroatoms. The standard InChI is InChI=1S/C16H26BrNS/c1-2-10-18-16(14-11-19-12-15(14)17)13-8-6-4-3-5-7-9-13/h11-13,16,18H,2-10H2,1H3. The lowest BCUT2D eigenvalue weighted by atomic mass is 9.83. The zero-order valence-corrected chi connectivity index (χ0v) is 14.4. The van der Waals surface area contributed by atoms with Crippen LogP contribution in [0.3, 0.4) is 0 Å². The lowest BCUT2D eigenvalue weighted by molar-refractivity contribution is 0.288. The van der Waals surface area contributed by atoms with Crippen molar-refractivity contribution in [1.82, 2.24) is 5.32 Å². The first-order chi connectivity index (χ1) is 9.33.